The van der Waals surface area contributed by atoms with Crippen LogP contribution in [0.4, 0.5) is 10.1 Å². The van der Waals surface area contributed by atoms with Gasteiger partial charge in [-0.15, -0.1) is 0 Å². The Morgan fingerprint density at radius 1 is 1.42 bits per heavy atom. The Balaban J connectivity index is 3.72. The van der Waals surface area contributed by atoms with Crippen LogP contribution in [-0.2, 0) is 4.79 Å². The van der Waals surface area contributed by atoms with Crippen molar-refractivity contribution in [3.63, 3.8) is 0 Å². The number of amides is 1. The number of aliphatic imine (C=N–C) groups is 1. The number of amidine groups is 2. The highest BCUT2D eigenvalue weighted by Crippen LogP contribution is 2.26. The highest BCUT2D eigenvalue weighted by atomic mass is 79.9. The average Bonchev–Trinajstić information content (AvgIpc) is 2.59. The number of rotatable bonds is 4. The van der Waals surface area contributed by atoms with Crippen LogP contribution in [0.25, 0.3) is 0 Å². The van der Waals surface area contributed by atoms with E-state index in [1.807, 2.05) is 0 Å². The van der Waals surface area contributed by atoms with Crippen molar-refractivity contribution in [3.05, 3.63) is 49.7 Å². The molecule has 0 fully saturated rings. The fraction of sp³-hybridized carbons (Fsp3) is 0.312. The Morgan fingerprint density at radius 3 is 2.42 bits per heavy atom. The summed E-state index contributed by atoms with van der Waals surface area (Å²) in [6.45, 7) is 4.60. The maximum absolute atomic E-state index is 13.5. The summed E-state index contributed by atoms with van der Waals surface area (Å²) in [6, 6.07) is 3.84. The summed E-state index contributed by atoms with van der Waals surface area (Å²) >= 11 is 3.04. The summed E-state index contributed by atoms with van der Waals surface area (Å²) in [6.07, 6.45) is 0.389. The topological polar surface area (TPSA) is 108 Å². The number of allylic oxidation sites excluding steroid dienone is 1. The van der Waals surface area contributed by atoms with Gasteiger partial charge in [0, 0.05) is 14.0 Å². The monoisotopic (exact) mass is 428 g/mol. The van der Waals surface area contributed by atoms with Gasteiger partial charge in [-0.3, -0.25) is 14.7 Å². The van der Waals surface area contributed by atoms with Crippen LogP contribution in [-0.4, -0.2) is 34.8 Å². The molecule has 1 amide bonds. The molecule has 0 spiro atoms. The number of benzene rings is 1. The van der Waals surface area contributed by atoms with Crippen LogP contribution in [0.2, 0.25) is 0 Å². The molecule has 1 aromatic rings. The number of halogens is 2. The Morgan fingerprint density at radius 2 is 2.04 bits per heavy atom. The second kappa shape index (κ2) is 9.18. The van der Waals surface area contributed by atoms with Gasteiger partial charge in [-0.2, -0.15) is 0 Å². The first kappa shape index (κ1) is 21.4. The predicted molar refractivity (Wildman–Crippen MR) is 99.8 cm³/mol. The molecular formula is C16H18BrFN4O4. The maximum Gasteiger partial charge on any atom is 0.420 e. The van der Waals surface area contributed by atoms with Gasteiger partial charge in [0.2, 0.25) is 5.91 Å². The first-order valence-corrected chi connectivity index (χ1v) is 8.28. The van der Waals surface area contributed by atoms with E-state index in [2.05, 4.69) is 26.1 Å². The van der Waals surface area contributed by atoms with E-state index in [9.17, 15) is 19.3 Å². The van der Waals surface area contributed by atoms with E-state index in [0.717, 1.165) is 11.0 Å². The molecular weight excluding hydrogens is 411 g/mol. The molecule has 140 valence electrons. The number of carbonyl (C=O) groups excluding carboxylic acids is 1. The lowest BCUT2D eigenvalue weighted by Gasteiger charge is -2.24. The number of anilines is 1. The second-order valence-electron chi connectivity index (χ2n) is 5.19. The van der Waals surface area contributed by atoms with E-state index in [0.29, 0.717) is 12.0 Å². The summed E-state index contributed by atoms with van der Waals surface area (Å²) in [4.78, 5) is 27.8. The molecule has 0 radical (unpaired) electrons. The van der Waals surface area contributed by atoms with E-state index < -0.39 is 22.5 Å². The van der Waals surface area contributed by atoms with E-state index in [-0.39, 0.29) is 21.6 Å². The maximum atomic E-state index is 13.5. The zero-order chi connectivity index (χ0) is 20.0. The van der Waals surface area contributed by atoms with E-state index >= 15 is 0 Å². The van der Waals surface area contributed by atoms with Gasteiger partial charge in [0.1, 0.15) is 11.4 Å². The van der Waals surface area contributed by atoms with Gasteiger partial charge < -0.3 is 15.3 Å². The zero-order valence-electron chi connectivity index (χ0n) is 14.7. The van der Waals surface area contributed by atoms with Crippen molar-refractivity contribution in [1.82, 2.24) is 0 Å². The lowest BCUT2D eigenvalue weighted by atomic mass is 10.0. The number of hydrogen-bond acceptors (Lipinski definition) is 6. The largest absolute Gasteiger partial charge is 0.420 e. The third-order valence-corrected chi connectivity index (χ3v) is 4.18. The second-order valence-corrected chi connectivity index (χ2v) is 6.04. The van der Waals surface area contributed by atoms with Gasteiger partial charge >= 0.3 is 5.84 Å². The quantitative estimate of drug-likeness (QED) is 0.258. The van der Waals surface area contributed by atoms with Gasteiger partial charge in [-0.1, -0.05) is 12.5 Å². The first-order valence-electron chi connectivity index (χ1n) is 7.48. The fourth-order valence-corrected chi connectivity index (χ4v) is 2.60. The number of nitro groups is 1. The highest BCUT2D eigenvalue weighted by molar-refractivity contribution is 9.10. The van der Waals surface area contributed by atoms with Crippen molar-refractivity contribution in [2.75, 3.05) is 11.9 Å². The number of carbonyl (C=O) groups is 1. The lowest BCUT2D eigenvalue weighted by molar-refractivity contribution is -0.351. The Hall–Kier alpha value is -2.62. The molecule has 10 heteroatoms. The molecule has 0 saturated heterocycles. The van der Waals surface area contributed by atoms with Crippen LogP contribution in [0.15, 0.2) is 44.0 Å². The third-order valence-electron chi connectivity index (χ3n) is 3.57. The molecule has 0 bridgehead atoms. The molecule has 26 heavy (non-hydrogen) atoms. The van der Waals surface area contributed by atoms with Crippen molar-refractivity contribution in [1.29, 1.82) is 0 Å². The molecule has 1 rings (SSSR count). The molecule has 0 atom stereocenters. The number of nitrogens with zero attached hydrogens (tertiary/aromatic N) is 4. The van der Waals surface area contributed by atoms with Crippen LogP contribution in [0.1, 0.15) is 27.2 Å². The van der Waals surface area contributed by atoms with Crippen molar-refractivity contribution in [2.45, 2.75) is 27.2 Å². The van der Waals surface area contributed by atoms with Gasteiger partial charge in [0.15, 0.2) is 11.0 Å². The molecule has 1 N–H and O–H groups in total. The molecule has 1 aromatic carbocycles. The standard InChI is InChI=1S/C16H18BrFN4O4/c1-5-9(2)14(16(20-24)22(25)26)15(19-4)21(10(3)23)11-6-7-13(18)12(17)8-11/h6-8,24H,5H2,1-4H3/b14-9-,19-15-,20-16+. The van der Waals surface area contributed by atoms with Crippen molar-refractivity contribution in [3.8, 4) is 0 Å². The molecule has 0 unspecified atom stereocenters. The molecule has 8 nitrogen and oxygen atoms in total. The van der Waals surface area contributed by atoms with Crippen molar-refractivity contribution >= 4 is 39.2 Å². The summed E-state index contributed by atoms with van der Waals surface area (Å²) in [7, 11) is 1.35. The first-order chi connectivity index (χ1) is 12.2. The minimum absolute atomic E-state index is 0.0835. The predicted octanol–water partition coefficient (Wildman–Crippen LogP) is 3.76. The van der Waals surface area contributed by atoms with Crippen LogP contribution in [0.5, 0.6) is 0 Å². The summed E-state index contributed by atoms with van der Waals surface area (Å²) in [5.74, 6) is -1.96. The normalized spacial score (nSPS) is 13.3. The van der Waals surface area contributed by atoms with Crippen molar-refractivity contribution < 1.29 is 19.3 Å². The zero-order valence-corrected chi connectivity index (χ0v) is 16.2. The SMILES string of the molecule is CC/C(C)=C(C(=N/C)/N(C(C)=O)c1ccc(F)c(Br)c1)\C(=N/O)[N+](=O)[O-]. The van der Waals surface area contributed by atoms with Crippen LogP contribution < -0.4 is 4.90 Å². The summed E-state index contributed by atoms with van der Waals surface area (Å²) in [5, 5.41) is 23.2. The summed E-state index contributed by atoms with van der Waals surface area (Å²) in [5.41, 5.74) is 0.647. The lowest BCUT2D eigenvalue weighted by Crippen LogP contribution is -2.40. The molecule has 0 heterocycles. The Kier molecular flexibility index (Phi) is 7.56. The van der Waals surface area contributed by atoms with E-state index in [1.165, 1.54) is 26.1 Å². The Bertz CT molecular complexity index is 820. The minimum atomic E-state index is -0.863. The summed E-state index contributed by atoms with van der Waals surface area (Å²) < 4.78 is 13.7. The number of hydrogen-bond donors (Lipinski definition) is 1. The van der Waals surface area contributed by atoms with Gasteiger partial charge in [0.05, 0.1) is 10.2 Å². The fourth-order valence-electron chi connectivity index (χ4n) is 2.24. The van der Waals surface area contributed by atoms with Gasteiger partial charge in [-0.05, 0) is 52.4 Å². The molecule has 0 aliphatic rings. The highest BCUT2D eigenvalue weighted by Gasteiger charge is 2.33. The average molecular weight is 429 g/mol. The molecule has 0 aliphatic heterocycles. The minimum Gasteiger partial charge on any atom is -0.358 e. The van der Waals surface area contributed by atoms with Crippen LogP contribution in [0, 0.1) is 15.9 Å². The van der Waals surface area contributed by atoms with E-state index in [4.69, 9.17) is 5.21 Å². The molecule has 0 aliphatic carbocycles. The van der Waals surface area contributed by atoms with Gasteiger partial charge in [0.25, 0.3) is 0 Å². The smallest absolute Gasteiger partial charge is 0.358 e. The number of oxime groups is 1. The van der Waals surface area contributed by atoms with Crippen LogP contribution in [0.3, 0.4) is 0 Å². The molecule has 0 aromatic heterocycles. The van der Waals surface area contributed by atoms with Crippen molar-refractivity contribution in [2.24, 2.45) is 10.1 Å². The van der Waals surface area contributed by atoms with E-state index in [1.54, 1.807) is 13.8 Å². The molecule has 0 saturated carbocycles. The van der Waals surface area contributed by atoms with Gasteiger partial charge in [-0.25, -0.2) is 4.39 Å². The Labute approximate surface area is 158 Å². The third kappa shape index (κ3) is 4.51. The van der Waals surface area contributed by atoms with Crippen LogP contribution >= 0.6 is 15.9 Å².